The fraction of sp³-hybridized carbons (Fsp3) is 0.167. The molecule has 0 aliphatic rings. The van der Waals surface area contributed by atoms with Crippen LogP contribution in [0.3, 0.4) is 0 Å². The smallest absolute Gasteiger partial charge is 0.134 e. The molecule has 0 atom stereocenters. The average molecular weight is 324 g/mol. The Labute approximate surface area is 146 Å². The van der Waals surface area contributed by atoms with Crippen molar-refractivity contribution in [2.45, 2.75) is 26.7 Å². The Bertz CT molecular complexity index is 1260. The second-order valence-electron chi connectivity index (χ2n) is 6.81. The summed E-state index contributed by atoms with van der Waals surface area (Å²) in [5, 5.41) is 9.04. The van der Waals surface area contributed by atoms with Crippen LogP contribution in [0.25, 0.3) is 43.3 Å². The Morgan fingerprint density at radius 2 is 1.40 bits per heavy atom. The molecule has 0 aliphatic heterocycles. The minimum Gasteiger partial charge on any atom is -0.461 e. The van der Waals surface area contributed by atoms with Gasteiger partial charge in [0.25, 0.3) is 0 Å². The molecule has 1 heteroatoms. The Hall–Kier alpha value is -2.80. The van der Waals surface area contributed by atoms with Crippen molar-refractivity contribution < 1.29 is 4.42 Å². The quantitative estimate of drug-likeness (QED) is 0.251. The van der Waals surface area contributed by atoms with Gasteiger partial charge in [0, 0.05) is 11.8 Å². The molecule has 0 fully saturated rings. The first kappa shape index (κ1) is 14.5. The molecule has 0 amide bonds. The second-order valence-corrected chi connectivity index (χ2v) is 6.81. The minimum atomic E-state index is 0.925. The lowest BCUT2D eigenvalue weighted by Crippen LogP contribution is -1.83. The number of fused-ring (bicyclic) bond motifs is 6. The Morgan fingerprint density at radius 3 is 2.24 bits per heavy atom. The number of benzene rings is 4. The largest absolute Gasteiger partial charge is 0.461 e. The lowest BCUT2D eigenvalue weighted by molar-refractivity contribution is 0.557. The first-order valence-electron chi connectivity index (χ1n) is 9.07. The van der Waals surface area contributed by atoms with Crippen LogP contribution in [-0.4, -0.2) is 0 Å². The Kier molecular flexibility index (Phi) is 3.11. The van der Waals surface area contributed by atoms with Gasteiger partial charge in [-0.3, -0.25) is 0 Å². The molecule has 25 heavy (non-hydrogen) atoms. The molecule has 0 saturated carbocycles. The van der Waals surface area contributed by atoms with Gasteiger partial charge >= 0.3 is 0 Å². The zero-order valence-electron chi connectivity index (χ0n) is 14.6. The molecule has 0 aliphatic carbocycles. The zero-order chi connectivity index (χ0) is 17.0. The van der Waals surface area contributed by atoms with E-state index in [-0.39, 0.29) is 0 Å². The fourth-order valence-electron chi connectivity index (χ4n) is 3.90. The summed E-state index contributed by atoms with van der Waals surface area (Å²) in [5.74, 6) is 1.05. The topological polar surface area (TPSA) is 13.1 Å². The van der Waals surface area contributed by atoms with Gasteiger partial charge in [0.15, 0.2) is 0 Å². The van der Waals surface area contributed by atoms with Crippen LogP contribution in [0.4, 0.5) is 0 Å². The van der Waals surface area contributed by atoms with E-state index in [1.165, 1.54) is 43.3 Å². The van der Waals surface area contributed by atoms with Crippen LogP contribution in [0, 0.1) is 0 Å². The number of hydrogen-bond donors (Lipinski definition) is 0. The SMILES string of the molecule is CCc1ccc2cc3c(ccc4c5cc(CC)oc5ccc34)cc2c1. The molecule has 1 nitrogen and oxygen atoms in total. The highest BCUT2D eigenvalue weighted by atomic mass is 16.3. The van der Waals surface area contributed by atoms with E-state index in [1.807, 2.05) is 0 Å². The van der Waals surface area contributed by atoms with Crippen LogP contribution in [0.5, 0.6) is 0 Å². The van der Waals surface area contributed by atoms with Crippen LogP contribution in [0.2, 0.25) is 0 Å². The molecule has 0 radical (unpaired) electrons. The first-order valence-corrected chi connectivity index (χ1v) is 9.07. The molecule has 0 spiro atoms. The standard InChI is InChI=1S/C24H20O/c1-3-15-5-6-16-13-22-17(12-18(16)11-15)7-8-21-20(22)9-10-24-23(21)14-19(4-2)25-24/h5-14H,3-4H2,1-2H3. The van der Waals surface area contributed by atoms with Gasteiger partial charge < -0.3 is 4.42 Å². The van der Waals surface area contributed by atoms with E-state index in [1.54, 1.807) is 0 Å². The Morgan fingerprint density at radius 1 is 0.600 bits per heavy atom. The van der Waals surface area contributed by atoms with E-state index >= 15 is 0 Å². The van der Waals surface area contributed by atoms with Crippen LogP contribution in [0.1, 0.15) is 25.2 Å². The predicted molar refractivity (Wildman–Crippen MR) is 107 cm³/mol. The molecule has 1 aromatic heterocycles. The monoisotopic (exact) mass is 324 g/mol. The van der Waals surface area contributed by atoms with Gasteiger partial charge in [-0.05, 0) is 68.6 Å². The van der Waals surface area contributed by atoms with Crippen LogP contribution < -0.4 is 0 Å². The van der Waals surface area contributed by atoms with E-state index in [0.29, 0.717) is 0 Å². The third-order valence-electron chi connectivity index (χ3n) is 5.34. The van der Waals surface area contributed by atoms with E-state index in [2.05, 4.69) is 74.5 Å². The normalized spacial score (nSPS) is 11.9. The fourth-order valence-corrected chi connectivity index (χ4v) is 3.90. The van der Waals surface area contributed by atoms with Crippen molar-refractivity contribution in [1.82, 2.24) is 0 Å². The van der Waals surface area contributed by atoms with E-state index < -0.39 is 0 Å². The highest BCUT2D eigenvalue weighted by molar-refractivity contribution is 6.18. The highest BCUT2D eigenvalue weighted by Gasteiger charge is 2.09. The minimum absolute atomic E-state index is 0.925. The summed E-state index contributed by atoms with van der Waals surface area (Å²) in [6.45, 7) is 4.34. The molecule has 4 aromatic carbocycles. The van der Waals surface area contributed by atoms with Gasteiger partial charge in [-0.15, -0.1) is 0 Å². The Balaban J connectivity index is 1.88. The molecule has 122 valence electrons. The highest BCUT2D eigenvalue weighted by Crippen LogP contribution is 2.35. The molecular formula is C24H20O. The van der Waals surface area contributed by atoms with Crippen LogP contribution >= 0.6 is 0 Å². The van der Waals surface area contributed by atoms with Gasteiger partial charge in [-0.25, -0.2) is 0 Å². The summed E-state index contributed by atoms with van der Waals surface area (Å²) in [5.41, 5.74) is 2.37. The molecule has 1 heterocycles. The predicted octanol–water partition coefficient (Wildman–Crippen LogP) is 7.02. The van der Waals surface area contributed by atoms with Crippen molar-refractivity contribution in [2.75, 3.05) is 0 Å². The summed E-state index contributed by atoms with van der Waals surface area (Å²) >= 11 is 0. The average Bonchev–Trinajstić information content (AvgIpc) is 3.09. The van der Waals surface area contributed by atoms with Crippen molar-refractivity contribution in [1.29, 1.82) is 0 Å². The van der Waals surface area contributed by atoms with E-state index in [0.717, 1.165) is 24.2 Å². The van der Waals surface area contributed by atoms with Crippen LogP contribution in [0.15, 0.2) is 65.1 Å². The molecule has 0 saturated heterocycles. The molecular weight excluding hydrogens is 304 g/mol. The molecule has 5 rings (SSSR count). The summed E-state index contributed by atoms with van der Waals surface area (Å²) in [7, 11) is 0. The van der Waals surface area contributed by atoms with Gasteiger partial charge in [-0.2, -0.15) is 0 Å². The first-order chi connectivity index (χ1) is 12.3. The van der Waals surface area contributed by atoms with Crippen LogP contribution in [-0.2, 0) is 12.8 Å². The van der Waals surface area contributed by atoms with E-state index in [4.69, 9.17) is 4.42 Å². The molecule has 0 N–H and O–H groups in total. The van der Waals surface area contributed by atoms with E-state index in [9.17, 15) is 0 Å². The second kappa shape index (κ2) is 5.35. The lowest BCUT2D eigenvalue weighted by atomic mass is 9.96. The number of rotatable bonds is 2. The summed E-state index contributed by atoms with van der Waals surface area (Å²) in [4.78, 5) is 0. The van der Waals surface area contributed by atoms with Crippen molar-refractivity contribution in [3.63, 3.8) is 0 Å². The van der Waals surface area contributed by atoms with Gasteiger partial charge in [-0.1, -0.05) is 50.2 Å². The summed E-state index contributed by atoms with van der Waals surface area (Å²) < 4.78 is 5.93. The van der Waals surface area contributed by atoms with Crippen molar-refractivity contribution in [3.05, 3.63) is 72.0 Å². The van der Waals surface area contributed by atoms with Gasteiger partial charge in [0.05, 0.1) is 0 Å². The maximum absolute atomic E-state index is 5.93. The summed E-state index contributed by atoms with van der Waals surface area (Å²) in [6.07, 6.45) is 2.00. The third kappa shape index (κ3) is 2.16. The third-order valence-corrected chi connectivity index (χ3v) is 5.34. The maximum Gasteiger partial charge on any atom is 0.134 e. The van der Waals surface area contributed by atoms with Crippen molar-refractivity contribution >= 4 is 43.3 Å². The maximum atomic E-state index is 5.93. The summed E-state index contributed by atoms with van der Waals surface area (Å²) in [6, 6.07) is 22.4. The molecule has 5 aromatic rings. The number of hydrogen-bond acceptors (Lipinski definition) is 1. The number of furan rings is 1. The number of aryl methyl sites for hydroxylation is 2. The van der Waals surface area contributed by atoms with Crippen molar-refractivity contribution in [3.8, 4) is 0 Å². The molecule has 0 bridgehead atoms. The van der Waals surface area contributed by atoms with Crippen molar-refractivity contribution in [2.24, 2.45) is 0 Å². The lowest BCUT2D eigenvalue weighted by Gasteiger charge is -2.08. The van der Waals surface area contributed by atoms with Gasteiger partial charge in [0.1, 0.15) is 11.3 Å². The molecule has 0 unspecified atom stereocenters. The zero-order valence-corrected chi connectivity index (χ0v) is 14.6. The van der Waals surface area contributed by atoms with Gasteiger partial charge in [0.2, 0.25) is 0 Å².